The molecular weight excluding hydrogens is 496 g/mol. The summed E-state index contributed by atoms with van der Waals surface area (Å²) in [6.07, 6.45) is -4.03. The van der Waals surface area contributed by atoms with E-state index < -0.39 is 87.0 Å². The van der Waals surface area contributed by atoms with Gasteiger partial charge in [-0.25, -0.2) is 4.79 Å². The second-order valence-corrected chi connectivity index (χ2v) is 12.9. The lowest BCUT2D eigenvalue weighted by Gasteiger charge is -2.71. The van der Waals surface area contributed by atoms with Crippen LogP contribution in [0.3, 0.4) is 0 Å². The van der Waals surface area contributed by atoms with E-state index in [0.29, 0.717) is 5.57 Å². The Morgan fingerprint density at radius 1 is 1.00 bits per heavy atom. The number of Topliss-reactive ketones (excluding diaryl/α,β-unsaturated/α-hetero) is 2. The molecule has 1 saturated heterocycles. The van der Waals surface area contributed by atoms with Crippen LogP contribution in [0.15, 0.2) is 12.2 Å². The van der Waals surface area contributed by atoms with Gasteiger partial charge in [-0.1, -0.05) is 39.8 Å². The molecule has 0 amide bonds. The van der Waals surface area contributed by atoms with Crippen LogP contribution < -0.4 is 0 Å². The second kappa shape index (κ2) is 8.21. The van der Waals surface area contributed by atoms with Crippen molar-refractivity contribution in [1.29, 1.82) is 0 Å². The molecule has 4 fully saturated rings. The van der Waals surface area contributed by atoms with Gasteiger partial charge in [0.2, 0.25) is 0 Å². The third-order valence-electron chi connectivity index (χ3n) is 10.7. The van der Waals surface area contributed by atoms with E-state index in [1.807, 2.05) is 0 Å². The number of hydrogen-bond donors (Lipinski definition) is 2. The Bertz CT molecular complexity index is 1160. The van der Waals surface area contributed by atoms with Crippen molar-refractivity contribution in [2.75, 3.05) is 7.11 Å². The van der Waals surface area contributed by atoms with Crippen molar-refractivity contribution < 1.29 is 48.4 Å². The molecular formula is C28H38O10. The molecule has 0 radical (unpaired) electrons. The minimum Gasteiger partial charge on any atom is -0.466 e. The Morgan fingerprint density at radius 3 is 2.11 bits per heavy atom. The maximum Gasteiger partial charge on any atom is 0.358 e. The molecule has 0 aromatic rings. The van der Waals surface area contributed by atoms with Crippen LogP contribution in [0, 0.1) is 39.4 Å². The largest absolute Gasteiger partial charge is 0.466 e. The molecule has 3 saturated carbocycles. The first-order valence-corrected chi connectivity index (χ1v) is 12.9. The van der Waals surface area contributed by atoms with Crippen molar-refractivity contribution in [2.45, 2.75) is 85.2 Å². The summed E-state index contributed by atoms with van der Waals surface area (Å²) in [4.78, 5) is 66.1. The van der Waals surface area contributed by atoms with E-state index in [-0.39, 0.29) is 18.6 Å². The summed E-state index contributed by atoms with van der Waals surface area (Å²) in [6, 6.07) is 0. The molecule has 3 aliphatic carbocycles. The van der Waals surface area contributed by atoms with Crippen LogP contribution in [-0.4, -0.2) is 70.7 Å². The van der Waals surface area contributed by atoms with Crippen molar-refractivity contribution in [3.05, 3.63) is 12.2 Å². The highest BCUT2D eigenvalue weighted by Crippen LogP contribution is 2.72. The van der Waals surface area contributed by atoms with E-state index in [4.69, 9.17) is 14.2 Å². The zero-order valence-corrected chi connectivity index (χ0v) is 23.2. The second-order valence-electron chi connectivity index (χ2n) is 12.9. The first-order chi connectivity index (χ1) is 17.3. The van der Waals surface area contributed by atoms with E-state index in [0.717, 1.165) is 7.11 Å². The average molecular weight is 535 g/mol. The van der Waals surface area contributed by atoms with Gasteiger partial charge in [-0.2, -0.15) is 0 Å². The fraction of sp³-hybridized carbons (Fsp3) is 0.750. The molecule has 1 heterocycles. The molecule has 4 aliphatic rings. The van der Waals surface area contributed by atoms with Gasteiger partial charge in [-0.05, 0) is 26.2 Å². The molecule has 4 rings (SSSR count). The van der Waals surface area contributed by atoms with Gasteiger partial charge < -0.3 is 24.4 Å². The fourth-order valence-electron chi connectivity index (χ4n) is 8.85. The predicted molar refractivity (Wildman–Crippen MR) is 131 cm³/mol. The summed E-state index contributed by atoms with van der Waals surface area (Å²) in [6.45, 7) is 14.9. The van der Waals surface area contributed by atoms with Crippen LogP contribution in [0.2, 0.25) is 0 Å². The van der Waals surface area contributed by atoms with Gasteiger partial charge in [-0.15, -0.1) is 0 Å². The quantitative estimate of drug-likeness (QED) is 0.231. The van der Waals surface area contributed by atoms with Gasteiger partial charge in [0.15, 0.2) is 5.78 Å². The van der Waals surface area contributed by atoms with Gasteiger partial charge in [-0.3, -0.25) is 19.2 Å². The first-order valence-electron chi connectivity index (χ1n) is 12.9. The van der Waals surface area contributed by atoms with E-state index >= 15 is 0 Å². The number of methoxy groups -OCH3 is 1. The molecule has 2 N–H and O–H groups in total. The van der Waals surface area contributed by atoms with Crippen LogP contribution in [0.1, 0.15) is 61.3 Å². The number of carbonyl (C=O) groups excluding carboxylic acids is 5. The highest BCUT2D eigenvalue weighted by atomic mass is 16.6. The number of rotatable bonds is 2. The van der Waals surface area contributed by atoms with Gasteiger partial charge in [0.05, 0.1) is 30.7 Å². The number of carbonyl (C=O) groups is 5. The fourth-order valence-corrected chi connectivity index (χ4v) is 8.85. The lowest BCUT2D eigenvalue weighted by molar-refractivity contribution is -0.293. The van der Waals surface area contributed by atoms with Crippen LogP contribution in [-0.2, 0) is 38.2 Å². The molecule has 0 aromatic carbocycles. The third-order valence-corrected chi connectivity index (χ3v) is 10.7. The van der Waals surface area contributed by atoms with E-state index in [2.05, 4.69) is 6.58 Å². The maximum atomic E-state index is 14.1. The molecule has 1 aliphatic heterocycles. The highest BCUT2D eigenvalue weighted by molar-refractivity contribution is 6.15. The number of esters is 3. The predicted octanol–water partition coefficient (Wildman–Crippen LogP) is 1.54. The summed E-state index contributed by atoms with van der Waals surface area (Å²) >= 11 is 0. The summed E-state index contributed by atoms with van der Waals surface area (Å²) < 4.78 is 16.1. The Morgan fingerprint density at radius 2 is 1.58 bits per heavy atom. The summed E-state index contributed by atoms with van der Waals surface area (Å²) in [7, 11) is 1.08. The Balaban J connectivity index is 2.01. The number of hydrogen-bond acceptors (Lipinski definition) is 10. The molecule has 0 bridgehead atoms. The number of aliphatic hydroxyl groups is 2. The third kappa shape index (κ3) is 3.10. The number of cyclic esters (lactones) is 1. The topological polar surface area (TPSA) is 154 Å². The van der Waals surface area contributed by atoms with Crippen molar-refractivity contribution >= 4 is 29.5 Å². The van der Waals surface area contributed by atoms with Crippen LogP contribution in [0.4, 0.5) is 0 Å². The first kappa shape index (κ1) is 28.4. The van der Waals surface area contributed by atoms with E-state index in [1.165, 1.54) is 20.8 Å². The normalized spacial score (nSPS) is 47.7. The Labute approximate surface area is 222 Å². The van der Waals surface area contributed by atoms with Crippen molar-refractivity contribution in [3.8, 4) is 0 Å². The lowest BCUT2D eigenvalue weighted by atomic mass is 9.33. The van der Waals surface area contributed by atoms with E-state index in [9.17, 15) is 34.2 Å². The van der Waals surface area contributed by atoms with Crippen LogP contribution in [0.25, 0.3) is 0 Å². The maximum absolute atomic E-state index is 14.1. The number of allylic oxidation sites excluding steroid dienone is 1. The molecule has 10 nitrogen and oxygen atoms in total. The Kier molecular flexibility index (Phi) is 6.14. The molecule has 38 heavy (non-hydrogen) atoms. The number of ketones is 2. The standard InChI is InChI=1S/C28H38O10/c1-12-10-14-26(6)16(31)11-15(30)24(3,4)18(26)17(32)20(37-13(2)29)27(14,7)19-21(33)38-28(8,23(35)36-9)22(34)25(12,19)5/h14,16-20,31-32H,1,10-11H2,2-9H3/t14-,16-,17+,18+,19-,20+,25-,26-,27+,28+/m1/s1. The SMILES string of the molecule is C=C1C[C@H]2[C@@](C)([C@@H]3C(=O)O[C@](C)(C(=O)OC)C(=O)[C@]13C)[C@@H](OC(C)=O)[C@@H](O)[C@H]1C(C)(C)C(=O)C[C@@H](O)[C@@]21C. The van der Waals surface area contributed by atoms with Gasteiger partial charge in [0.1, 0.15) is 11.9 Å². The summed E-state index contributed by atoms with van der Waals surface area (Å²) in [5.74, 6) is -6.46. The molecule has 0 aromatic heterocycles. The molecule has 0 unspecified atom stereocenters. The average Bonchev–Trinajstić information content (AvgIpc) is 2.80. The number of ether oxygens (including phenoxy) is 3. The smallest absolute Gasteiger partial charge is 0.358 e. The minimum atomic E-state index is -2.22. The van der Waals surface area contributed by atoms with Crippen molar-refractivity contribution in [3.63, 3.8) is 0 Å². The zero-order valence-electron chi connectivity index (χ0n) is 23.2. The van der Waals surface area contributed by atoms with Gasteiger partial charge >= 0.3 is 17.9 Å². The lowest BCUT2D eigenvalue weighted by Crippen LogP contribution is -2.78. The highest BCUT2D eigenvalue weighted by Gasteiger charge is 2.79. The zero-order chi connectivity index (χ0) is 29.0. The minimum absolute atomic E-state index is 0.110. The van der Waals surface area contributed by atoms with Crippen LogP contribution >= 0.6 is 0 Å². The van der Waals surface area contributed by atoms with Crippen molar-refractivity contribution in [1.82, 2.24) is 0 Å². The monoisotopic (exact) mass is 534 g/mol. The molecule has 10 heteroatoms. The molecule has 210 valence electrons. The molecule has 0 spiro atoms. The Hall–Kier alpha value is -2.59. The number of fused-ring (bicyclic) bond motifs is 5. The van der Waals surface area contributed by atoms with E-state index in [1.54, 1.807) is 27.7 Å². The van der Waals surface area contributed by atoms with Crippen LogP contribution in [0.5, 0.6) is 0 Å². The van der Waals surface area contributed by atoms with Crippen molar-refractivity contribution in [2.24, 2.45) is 39.4 Å². The van der Waals surface area contributed by atoms with Gasteiger partial charge in [0.25, 0.3) is 5.60 Å². The van der Waals surface area contributed by atoms with Gasteiger partial charge in [0, 0.05) is 35.5 Å². The summed E-state index contributed by atoms with van der Waals surface area (Å²) in [5, 5.41) is 23.3. The number of aliphatic hydroxyl groups excluding tert-OH is 2. The molecule has 10 atom stereocenters. The summed E-state index contributed by atoms with van der Waals surface area (Å²) in [5.41, 5.74) is -7.20.